The zero-order chi connectivity index (χ0) is 21.6. The topological polar surface area (TPSA) is 60.2 Å². The van der Waals surface area contributed by atoms with Crippen LogP contribution in [0.15, 0.2) is 65.4 Å². The van der Waals surface area contributed by atoms with Crippen LogP contribution < -0.4 is 4.74 Å². The van der Waals surface area contributed by atoms with Crippen molar-refractivity contribution < 1.29 is 9.53 Å². The van der Waals surface area contributed by atoms with E-state index in [0.29, 0.717) is 12.3 Å². The van der Waals surface area contributed by atoms with Crippen molar-refractivity contribution in [3.8, 4) is 5.75 Å². The summed E-state index contributed by atoms with van der Waals surface area (Å²) in [6.45, 7) is 1.37. The molecule has 0 fully saturated rings. The molecule has 0 saturated heterocycles. The number of thioether (sulfide) groups is 1. The first-order valence-corrected chi connectivity index (χ1v) is 11.8. The van der Waals surface area contributed by atoms with Gasteiger partial charge in [-0.05, 0) is 52.4 Å². The second-order valence-electron chi connectivity index (χ2n) is 7.22. The van der Waals surface area contributed by atoms with E-state index in [-0.39, 0.29) is 5.91 Å². The number of methoxy groups -OCH3 is 1. The Morgan fingerprint density at radius 1 is 1.19 bits per heavy atom. The average Bonchev–Trinajstić information content (AvgIpc) is 3.47. The van der Waals surface area contributed by atoms with Crippen molar-refractivity contribution >= 4 is 39.8 Å². The second kappa shape index (κ2) is 9.98. The summed E-state index contributed by atoms with van der Waals surface area (Å²) in [6.07, 6.45) is 2.67. The molecule has 0 unspecified atom stereocenters. The van der Waals surface area contributed by atoms with Gasteiger partial charge in [0.25, 0.3) is 0 Å². The highest BCUT2D eigenvalue weighted by atomic mass is 32.2. The zero-order valence-corrected chi connectivity index (χ0v) is 19.2. The van der Waals surface area contributed by atoms with Gasteiger partial charge >= 0.3 is 0 Å². The molecule has 4 aromatic rings. The Balaban J connectivity index is 1.32. The molecule has 2 aromatic carbocycles. The maximum Gasteiger partial charge on any atom is 0.233 e. The van der Waals surface area contributed by atoms with Gasteiger partial charge in [-0.2, -0.15) is 0 Å². The predicted molar refractivity (Wildman–Crippen MR) is 126 cm³/mol. The van der Waals surface area contributed by atoms with E-state index in [0.717, 1.165) is 40.2 Å². The lowest BCUT2D eigenvalue weighted by Gasteiger charge is -2.17. The lowest BCUT2D eigenvalue weighted by atomic mass is 10.1. The van der Waals surface area contributed by atoms with Crippen LogP contribution in [-0.4, -0.2) is 45.5 Å². The van der Waals surface area contributed by atoms with Crippen LogP contribution in [0.2, 0.25) is 0 Å². The number of ether oxygens (including phenoxy) is 1. The monoisotopic (exact) mass is 452 g/mol. The summed E-state index contributed by atoms with van der Waals surface area (Å²) in [4.78, 5) is 15.8. The highest BCUT2D eigenvalue weighted by Crippen LogP contribution is 2.23. The predicted octanol–water partition coefficient (Wildman–Crippen LogP) is 4.49. The maximum atomic E-state index is 12.7. The highest BCUT2D eigenvalue weighted by Gasteiger charge is 2.13. The van der Waals surface area contributed by atoms with Gasteiger partial charge in [-0.25, -0.2) is 0 Å². The number of rotatable bonds is 9. The third-order valence-electron chi connectivity index (χ3n) is 5.04. The number of fused-ring (bicyclic) bond motifs is 1. The number of thiophene rings is 1. The third kappa shape index (κ3) is 5.45. The van der Waals surface area contributed by atoms with Crippen molar-refractivity contribution in [3.63, 3.8) is 0 Å². The van der Waals surface area contributed by atoms with Gasteiger partial charge in [0.15, 0.2) is 5.16 Å². The summed E-state index contributed by atoms with van der Waals surface area (Å²) in [7, 11) is 3.50. The molecular weight excluding hydrogens is 428 g/mol. The summed E-state index contributed by atoms with van der Waals surface area (Å²) in [5.41, 5.74) is 1.10. The molecule has 0 aliphatic rings. The molecule has 0 aliphatic carbocycles. The van der Waals surface area contributed by atoms with E-state index in [1.807, 2.05) is 29.8 Å². The second-order valence-corrected chi connectivity index (χ2v) is 9.20. The highest BCUT2D eigenvalue weighted by molar-refractivity contribution is 7.99. The van der Waals surface area contributed by atoms with Gasteiger partial charge in [0.05, 0.1) is 12.9 Å². The fourth-order valence-electron chi connectivity index (χ4n) is 3.29. The van der Waals surface area contributed by atoms with Crippen LogP contribution in [0.1, 0.15) is 10.4 Å². The Bertz CT molecular complexity index is 1160. The normalized spacial score (nSPS) is 11.0. The Morgan fingerprint density at radius 2 is 2.03 bits per heavy atom. The van der Waals surface area contributed by atoms with Crippen molar-refractivity contribution in [2.45, 2.75) is 24.7 Å². The van der Waals surface area contributed by atoms with Crippen LogP contribution in [-0.2, 0) is 24.3 Å². The van der Waals surface area contributed by atoms with Gasteiger partial charge < -0.3 is 14.2 Å². The summed E-state index contributed by atoms with van der Waals surface area (Å²) in [5.74, 6) is 1.24. The Kier molecular flexibility index (Phi) is 6.89. The van der Waals surface area contributed by atoms with Crippen LogP contribution in [0.3, 0.4) is 0 Å². The van der Waals surface area contributed by atoms with E-state index in [1.54, 1.807) is 29.7 Å². The lowest BCUT2D eigenvalue weighted by Crippen LogP contribution is -2.27. The number of amides is 1. The quantitative estimate of drug-likeness (QED) is 0.350. The van der Waals surface area contributed by atoms with E-state index in [2.05, 4.69) is 45.9 Å². The molecule has 0 aliphatic heterocycles. The molecule has 0 spiro atoms. The first-order chi connectivity index (χ1) is 15.1. The summed E-state index contributed by atoms with van der Waals surface area (Å²) in [5, 5.41) is 13.3. The summed E-state index contributed by atoms with van der Waals surface area (Å²) >= 11 is 3.18. The number of hydrogen-bond donors (Lipinski definition) is 0. The molecule has 0 saturated carbocycles. The fourth-order valence-corrected chi connectivity index (χ4v) is 4.87. The Labute approximate surface area is 189 Å². The molecule has 2 aromatic heterocycles. The average molecular weight is 453 g/mol. The number of nitrogens with zero attached hydrogens (tertiary/aromatic N) is 4. The molecule has 1 amide bonds. The number of benzene rings is 2. The van der Waals surface area contributed by atoms with E-state index in [4.69, 9.17) is 4.74 Å². The molecule has 0 bridgehead atoms. The summed E-state index contributed by atoms with van der Waals surface area (Å²) in [6, 6.07) is 16.4. The molecule has 2 heterocycles. The molecule has 4 rings (SSSR count). The van der Waals surface area contributed by atoms with Crippen LogP contribution in [0, 0.1) is 0 Å². The maximum absolute atomic E-state index is 12.7. The molecule has 0 atom stereocenters. The number of hydrogen-bond acceptors (Lipinski definition) is 6. The van der Waals surface area contributed by atoms with E-state index < -0.39 is 0 Å². The fraction of sp³-hybridized carbons (Fsp3) is 0.261. The number of aryl methyl sites for hydroxylation is 2. The molecule has 0 radical (unpaired) electrons. The standard InChI is InChI=1S/C23H24N4O2S2/c1-26(14-17-5-6-19-13-20(29-2)8-7-18(19)12-17)22(28)15-31-23-25-24-16-27(23)10-9-21-4-3-11-30-21/h3-8,11-13,16H,9-10,14-15H2,1-2H3. The van der Waals surface area contributed by atoms with Crippen molar-refractivity contribution in [2.24, 2.45) is 0 Å². The van der Waals surface area contributed by atoms with Gasteiger partial charge in [0.1, 0.15) is 12.1 Å². The largest absolute Gasteiger partial charge is 0.497 e. The van der Waals surface area contributed by atoms with Gasteiger partial charge in [-0.1, -0.05) is 36.0 Å². The van der Waals surface area contributed by atoms with Crippen molar-refractivity contribution in [3.05, 3.63) is 70.7 Å². The molecular formula is C23H24N4O2S2. The molecule has 160 valence electrons. The van der Waals surface area contributed by atoms with Crippen molar-refractivity contribution in [1.29, 1.82) is 0 Å². The minimum atomic E-state index is 0.0626. The molecule has 0 N–H and O–H groups in total. The zero-order valence-electron chi connectivity index (χ0n) is 17.5. The van der Waals surface area contributed by atoms with E-state index in [1.165, 1.54) is 16.6 Å². The molecule has 6 nitrogen and oxygen atoms in total. The number of carbonyl (C=O) groups is 1. The van der Waals surface area contributed by atoms with Gasteiger partial charge in [0, 0.05) is 25.0 Å². The first-order valence-electron chi connectivity index (χ1n) is 9.96. The van der Waals surface area contributed by atoms with Crippen LogP contribution in [0.5, 0.6) is 5.75 Å². The van der Waals surface area contributed by atoms with E-state index in [9.17, 15) is 4.79 Å². The minimum Gasteiger partial charge on any atom is -0.497 e. The van der Waals surface area contributed by atoms with Crippen molar-refractivity contribution in [2.75, 3.05) is 19.9 Å². The number of aromatic nitrogens is 3. The Morgan fingerprint density at radius 3 is 2.84 bits per heavy atom. The van der Waals surface area contributed by atoms with Crippen LogP contribution in [0.25, 0.3) is 10.8 Å². The SMILES string of the molecule is COc1ccc2cc(CN(C)C(=O)CSc3nncn3CCc3cccs3)ccc2c1. The van der Waals surface area contributed by atoms with Gasteiger partial charge in [-0.15, -0.1) is 21.5 Å². The lowest BCUT2D eigenvalue weighted by molar-refractivity contribution is -0.127. The Hall–Kier alpha value is -2.84. The van der Waals surface area contributed by atoms with E-state index >= 15 is 0 Å². The molecule has 31 heavy (non-hydrogen) atoms. The smallest absolute Gasteiger partial charge is 0.233 e. The number of carbonyl (C=O) groups excluding carboxylic acids is 1. The molecule has 8 heteroatoms. The van der Waals surface area contributed by atoms with Crippen molar-refractivity contribution in [1.82, 2.24) is 19.7 Å². The first kappa shape index (κ1) is 21.4. The summed E-state index contributed by atoms with van der Waals surface area (Å²) < 4.78 is 7.29. The minimum absolute atomic E-state index is 0.0626. The van der Waals surface area contributed by atoms with Crippen LogP contribution >= 0.6 is 23.1 Å². The van der Waals surface area contributed by atoms with Gasteiger partial charge in [-0.3, -0.25) is 4.79 Å². The third-order valence-corrected chi connectivity index (χ3v) is 6.94. The van der Waals surface area contributed by atoms with Gasteiger partial charge in [0.2, 0.25) is 5.91 Å². The van der Waals surface area contributed by atoms with Crippen LogP contribution in [0.4, 0.5) is 0 Å².